The number of hydrogen-bond acceptors (Lipinski definition) is 4. The summed E-state index contributed by atoms with van der Waals surface area (Å²) in [6.45, 7) is 8.33. The maximum absolute atomic E-state index is 5.61. The predicted octanol–water partition coefficient (Wildman–Crippen LogP) is 1.15. The highest BCUT2D eigenvalue weighted by molar-refractivity contribution is 5.11. The van der Waals surface area contributed by atoms with Crippen LogP contribution < -0.4 is 5.73 Å². The quantitative estimate of drug-likeness (QED) is 0.854. The monoisotopic (exact) mass is 235 g/mol. The summed E-state index contributed by atoms with van der Waals surface area (Å²) in [5.74, 6) is 0. The molecule has 1 saturated heterocycles. The van der Waals surface area contributed by atoms with Gasteiger partial charge < -0.3 is 10.5 Å². The third-order valence-corrected chi connectivity index (χ3v) is 3.24. The maximum atomic E-state index is 5.61. The molecule has 0 aliphatic carbocycles. The van der Waals surface area contributed by atoms with E-state index in [1.807, 2.05) is 12.1 Å². The summed E-state index contributed by atoms with van der Waals surface area (Å²) < 4.78 is 5.52. The Morgan fingerprint density at radius 1 is 1.41 bits per heavy atom. The number of pyridine rings is 1. The number of aromatic nitrogens is 1. The van der Waals surface area contributed by atoms with Gasteiger partial charge in [0.1, 0.15) is 0 Å². The van der Waals surface area contributed by atoms with E-state index in [0.717, 1.165) is 37.7 Å². The molecule has 94 valence electrons. The maximum Gasteiger partial charge on any atom is 0.0645 e. The Balaban J connectivity index is 2.08. The number of morpholine rings is 1. The van der Waals surface area contributed by atoms with Crippen LogP contribution >= 0.6 is 0 Å². The molecule has 4 nitrogen and oxygen atoms in total. The Labute approximate surface area is 103 Å². The van der Waals surface area contributed by atoms with E-state index in [2.05, 4.69) is 29.8 Å². The van der Waals surface area contributed by atoms with Crippen LogP contribution in [0.4, 0.5) is 0 Å². The summed E-state index contributed by atoms with van der Waals surface area (Å²) in [4.78, 5) is 6.96. The van der Waals surface area contributed by atoms with E-state index in [9.17, 15) is 0 Å². The molecule has 0 radical (unpaired) electrons. The molecular weight excluding hydrogens is 214 g/mol. The molecule has 2 rings (SSSR count). The van der Waals surface area contributed by atoms with Crippen molar-refractivity contribution in [1.29, 1.82) is 0 Å². The van der Waals surface area contributed by atoms with Crippen LogP contribution in [0.2, 0.25) is 0 Å². The van der Waals surface area contributed by atoms with Gasteiger partial charge in [0.25, 0.3) is 0 Å². The first kappa shape index (κ1) is 12.5. The van der Waals surface area contributed by atoms with Crippen LogP contribution in [0.25, 0.3) is 0 Å². The van der Waals surface area contributed by atoms with Crippen molar-refractivity contribution >= 4 is 0 Å². The van der Waals surface area contributed by atoms with Gasteiger partial charge in [-0.25, -0.2) is 0 Å². The molecule has 0 saturated carbocycles. The van der Waals surface area contributed by atoms with Gasteiger partial charge in [-0.3, -0.25) is 9.88 Å². The Morgan fingerprint density at radius 2 is 2.18 bits per heavy atom. The van der Waals surface area contributed by atoms with E-state index < -0.39 is 0 Å². The highest BCUT2D eigenvalue weighted by Crippen LogP contribution is 2.20. The first-order valence-electron chi connectivity index (χ1n) is 6.09. The Morgan fingerprint density at radius 3 is 2.88 bits per heavy atom. The highest BCUT2D eigenvalue weighted by Gasteiger charge is 2.30. The smallest absolute Gasteiger partial charge is 0.0645 e. The van der Waals surface area contributed by atoms with Crippen molar-refractivity contribution in [2.24, 2.45) is 5.73 Å². The number of ether oxygens (including phenoxy) is 1. The summed E-state index contributed by atoms with van der Waals surface area (Å²) in [6, 6.07) is 6.05. The number of nitrogens with two attached hydrogens (primary N) is 1. The van der Waals surface area contributed by atoms with Crippen LogP contribution in [0.1, 0.15) is 25.2 Å². The minimum atomic E-state index is 0.0820. The normalized spacial score (nSPS) is 20.4. The van der Waals surface area contributed by atoms with Crippen molar-refractivity contribution in [2.75, 3.05) is 19.8 Å². The van der Waals surface area contributed by atoms with Crippen LogP contribution in [0.3, 0.4) is 0 Å². The molecule has 1 aromatic heterocycles. The molecular formula is C13H21N3O. The van der Waals surface area contributed by atoms with Gasteiger partial charge in [-0.05, 0) is 26.0 Å². The molecule has 0 unspecified atom stereocenters. The molecule has 1 aromatic rings. The van der Waals surface area contributed by atoms with Gasteiger partial charge in [0.05, 0.1) is 24.6 Å². The minimum absolute atomic E-state index is 0.0820. The van der Waals surface area contributed by atoms with Crippen LogP contribution in [-0.2, 0) is 17.8 Å². The Bertz CT molecular complexity index is 379. The summed E-state index contributed by atoms with van der Waals surface area (Å²) in [5, 5.41) is 0. The topological polar surface area (TPSA) is 51.4 Å². The van der Waals surface area contributed by atoms with E-state index in [1.54, 1.807) is 0 Å². The zero-order chi connectivity index (χ0) is 12.3. The van der Waals surface area contributed by atoms with E-state index in [1.165, 1.54) is 0 Å². The first-order valence-corrected chi connectivity index (χ1v) is 6.09. The predicted molar refractivity (Wildman–Crippen MR) is 67.4 cm³/mol. The number of nitrogens with zero attached hydrogens (tertiary/aromatic N) is 2. The molecule has 1 aliphatic heterocycles. The van der Waals surface area contributed by atoms with Crippen molar-refractivity contribution in [1.82, 2.24) is 9.88 Å². The van der Waals surface area contributed by atoms with Crippen molar-refractivity contribution in [3.05, 3.63) is 29.6 Å². The van der Waals surface area contributed by atoms with Gasteiger partial charge in [-0.15, -0.1) is 0 Å². The minimum Gasteiger partial charge on any atom is -0.378 e. The fraction of sp³-hybridized carbons (Fsp3) is 0.615. The van der Waals surface area contributed by atoms with Gasteiger partial charge in [0.2, 0.25) is 0 Å². The Kier molecular flexibility index (Phi) is 3.76. The van der Waals surface area contributed by atoms with Crippen LogP contribution in [-0.4, -0.2) is 35.2 Å². The van der Waals surface area contributed by atoms with Crippen LogP contribution in [0, 0.1) is 0 Å². The standard InChI is InChI=1S/C13H21N3O/c1-13(2)10-17-7-6-16(13)9-12-5-3-4-11(8-14)15-12/h3-5H,6-10,14H2,1-2H3. The van der Waals surface area contributed by atoms with Gasteiger partial charge in [0, 0.05) is 25.2 Å². The fourth-order valence-corrected chi connectivity index (χ4v) is 2.11. The Hall–Kier alpha value is -0.970. The lowest BCUT2D eigenvalue weighted by Crippen LogP contribution is -2.52. The number of rotatable bonds is 3. The van der Waals surface area contributed by atoms with Crippen molar-refractivity contribution in [3.8, 4) is 0 Å². The first-order chi connectivity index (χ1) is 8.12. The lowest BCUT2D eigenvalue weighted by molar-refractivity contribution is -0.0558. The second kappa shape index (κ2) is 5.12. The van der Waals surface area contributed by atoms with Gasteiger partial charge in [-0.2, -0.15) is 0 Å². The van der Waals surface area contributed by atoms with E-state index in [-0.39, 0.29) is 5.54 Å². The fourth-order valence-electron chi connectivity index (χ4n) is 2.11. The average Bonchev–Trinajstić information content (AvgIpc) is 2.32. The largest absolute Gasteiger partial charge is 0.378 e. The molecule has 4 heteroatoms. The molecule has 17 heavy (non-hydrogen) atoms. The van der Waals surface area contributed by atoms with Gasteiger partial charge in [0.15, 0.2) is 0 Å². The van der Waals surface area contributed by atoms with Crippen molar-refractivity contribution < 1.29 is 4.74 Å². The second-order valence-corrected chi connectivity index (χ2v) is 5.11. The van der Waals surface area contributed by atoms with E-state index >= 15 is 0 Å². The zero-order valence-corrected chi connectivity index (χ0v) is 10.6. The molecule has 2 heterocycles. The lowest BCUT2D eigenvalue weighted by Gasteiger charge is -2.41. The van der Waals surface area contributed by atoms with Gasteiger partial charge in [-0.1, -0.05) is 6.07 Å². The molecule has 1 aliphatic rings. The molecule has 0 aromatic carbocycles. The third-order valence-electron chi connectivity index (χ3n) is 3.24. The molecule has 0 atom stereocenters. The molecule has 0 spiro atoms. The molecule has 0 amide bonds. The lowest BCUT2D eigenvalue weighted by atomic mass is 10.0. The molecule has 2 N–H and O–H groups in total. The van der Waals surface area contributed by atoms with Crippen LogP contribution in [0.5, 0.6) is 0 Å². The van der Waals surface area contributed by atoms with E-state index in [4.69, 9.17) is 10.5 Å². The van der Waals surface area contributed by atoms with Crippen molar-refractivity contribution in [3.63, 3.8) is 0 Å². The summed E-state index contributed by atoms with van der Waals surface area (Å²) in [6.07, 6.45) is 0. The molecule has 0 bridgehead atoms. The summed E-state index contributed by atoms with van der Waals surface area (Å²) >= 11 is 0. The summed E-state index contributed by atoms with van der Waals surface area (Å²) in [7, 11) is 0. The highest BCUT2D eigenvalue weighted by atomic mass is 16.5. The third kappa shape index (κ3) is 3.03. The number of hydrogen-bond donors (Lipinski definition) is 1. The molecule has 1 fully saturated rings. The summed E-state index contributed by atoms with van der Waals surface area (Å²) in [5.41, 5.74) is 7.73. The SMILES string of the molecule is CC1(C)COCCN1Cc1cccc(CN)n1. The van der Waals surface area contributed by atoms with E-state index in [0.29, 0.717) is 6.54 Å². The second-order valence-electron chi connectivity index (χ2n) is 5.11. The van der Waals surface area contributed by atoms with Crippen LogP contribution in [0.15, 0.2) is 18.2 Å². The average molecular weight is 235 g/mol. The van der Waals surface area contributed by atoms with Crippen molar-refractivity contribution in [2.45, 2.75) is 32.5 Å². The zero-order valence-electron chi connectivity index (χ0n) is 10.6. The van der Waals surface area contributed by atoms with Gasteiger partial charge >= 0.3 is 0 Å².